The van der Waals surface area contributed by atoms with E-state index in [0.717, 1.165) is 12.1 Å². The molecule has 1 atom stereocenters. The second-order valence-electron chi connectivity index (χ2n) is 4.27. The van der Waals surface area contributed by atoms with Gasteiger partial charge in [-0.05, 0) is 18.2 Å². The van der Waals surface area contributed by atoms with Gasteiger partial charge in [-0.25, -0.2) is 13.6 Å². The largest absolute Gasteiger partial charge is 0.493 e. The third-order valence-electron chi connectivity index (χ3n) is 2.21. The monoisotopic (exact) mass is 297 g/mol. The minimum Gasteiger partial charge on any atom is -0.493 e. The normalized spacial score (nSPS) is 14.2. The van der Waals surface area contributed by atoms with Crippen LogP contribution in [0.25, 0.3) is 0 Å². The predicted octanol–water partition coefficient (Wildman–Crippen LogP) is 2.01. The fourth-order valence-electron chi connectivity index (χ4n) is 1.45. The van der Waals surface area contributed by atoms with E-state index in [4.69, 9.17) is 9.88 Å². The summed E-state index contributed by atoms with van der Waals surface area (Å²) in [5, 5.41) is 4.85. The Hall–Kier alpha value is -1.28. The molecular formula is C11H14F3NO3S. The van der Waals surface area contributed by atoms with Crippen LogP contribution >= 0.6 is 0 Å². The van der Waals surface area contributed by atoms with Crippen molar-refractivity contribution in [3.63, 3.8) is 0 Å². The third kappa shape index (κ3) is 5.93. The molecule has 4 nitrogen and oxygen atoms in total. The molecule has 108 valence electrons. The Kier molecular flexibility index (Phi) is 4.81. The van der Waals surface area contributed by atoms with Crippen LogP contribution in [-0.4, -0.2) is 20.8 Å². The quantitative estimate of drug-likeness (QED) is 0.904. The molecule has 1 aromatic carbocycles. The number of alkyl halides is 3. The number of hydrogen-bond acceptors (Lipinski definition) is 3. The highest BCUT2D eigenvalue weighted by atomic mass is 32.2. The van der Waals surface area contributed by atoms with Crippen molar-refractivity contribution in [3.8, 4) is 5.75 Å². The number of nitrogens with two attached hydrogens (primary N) is 1. The standard InChI is InChI=1S/C11H14F3NO3S/c1-8(7-19(15,16)17)6-18-10-4-2-3-9(5-10)11(12,13)14/h2-5,8H,6-7H2,1H3,(H2,15,16,17). The van der Waals surface area contributed by atoms with Gasteiger partial charge in [0.25, 0.3) is 0 Å². The maximum atomic E-state index is 12.4. The van der Waals surface area contributed by atoms with Gasteiger partial charge in [0.1, 0.15) is 5.75 Å². The van der Waals surface area contributed by atoms with Crippen LogP contribution < -0.4 is 9.88 Å². The molecule has 0 heterocycles. The number of rotatable bonds is 5. The molecule has 0 aliphatic carbocycles. The first-order chi connectivity index (χ1) is 8.58. The molecule has 8 heteroatoms. The average Bonchev–Trinajstić information content (AvgIpc) is 2.23. The van der Waals surface area contributed by atoms with E-state index in [0.29, 0.717) is 0 Å². The zero-order valence-corrected chi connectivity index (χ0v) is 11.0. The molecule has 0 fully saturated rings. The molecule has 0 bridgehead atoms. The number of ether oxygens (including phenoxy) is 1. The summed E-state index contributed by atoms with van der Waals surface area (Å²) in [6.45, 7) is 1.55. The number of benzene rings is 1. The topological polar surface area (TPSA) is 69.4 Å². The summed E-state index contributed by atoms with van der Waals surface area (Å²) < 4.78 is 64.1. The molecule has 0 saturated carbocycles. The lowest BCUT2D eigenvalue weighted by molar-refractivity contribution is -0.137. The van der Waals surface area contributed by atoms with E-state index < -0.39 is 27.7 Å². The molecule has 1 rings (SSSR count). The van der Waals surface area contributed by atoms with E-state index in [1.54, 1.807) is 6.92 Å². The Morgan fingerprint density at radius 3 is 2.53 bits per heavy atom. The summed E-state index contributed by atoms with van der Waals surface area (Å²) in [5.74, 6) is -0.660. The predicted molar refractivity (Wildman–Crippen MR) is 64.1 cm³/mol. The summed E-state index contributed by atoms with van der Waals surface area (Å²) in [7, 11) is -3.62. The lowest BCUT2D eigenvalue weighted by Gasteiger charge is -2.13. The molecule has 19 heavy (non-hydrogen) atoms. The van der Waals surface area contributed by atoms with Crippen LogP contribution in [0.3, 0.4) is 0 Å². The van der Waals surface area contributed by atoms with Crippen molar-refractivity contribution >= 4 is 10.0 Å². The fourth-order valence-corrected chi connectivity index (χ4v) is 2.33. The van der Waals surface area contributed by atoms with Crippen LogP contribution in [0, 0.1) is 5.92 Å². The van der Waals surface area contributed by atoms with Gasteiger partial charge in [0.2, 0.25) is 10.0 Å². The molecule has 0 saturated heterocycles. The van der Waals surface area contributed by atoms with Crippen molar-refractivity contribution in [1.82, 2.24) is 0 Å². The first kappa shape index (κ1) is 15.8. The molecule has 1 aromatic rings. The third-order valence-corrected chi connectivity index (χ3v) is 3.25. The van der Waals surface area contributed by atoms with Crippen molar-refractivity contribution in [1.29, 1.82) is 0 Å². The maximum Gasteiger partial charge on any atom is 0.416 e. The molecule has 0 aliphatic heterocycles. The summed E-state index contributed by atoms with van der Waals surface area (Å²) in [6.07, 6.45) is -4.44. The molecule has 0 aromatic heterocycles. The van der Waals surface area contributed by atoms with E-state index >= 15 is 0 Å². The summed E-state index contributed by atoms with van der Waals surface area (Å²) >= 11 is 0. The highest BCUT2D eigenvalue weighted by Crippen LogP contribution is 2.31. The highest BCUT2D eigenvalue weighted by molar-refractivity contribution is 7.89. The van der Waals surface area contributed by atoms with Crippen molar-refractivity contribution in [3.05, 3.63) is 29.8 Å². The van der Waals surface area contributed by atoms with Crippen LogP contribution in [0.1, 0.15) is 12.5 Å². The van der Waals surface area contributed by atoms with E-state index in [-0.39, 0.29) is 18.1 Å². The molecule has 2 N–H and O–H groups in total. The van der Waals surface area contributed by atoms with Crippen LogP contribution in [0.5, 0.6) is 5.75 Å². The van der Waals surface area contributed by atoms with E-state index in [9.17, 15) is 21.6 Å². The summed E-state index contributed by atoms with van der Waals surface area (Å²) in [5.41, 5.74) is -0.816. The van der Waals surface area contributed by atoms with Gasteiger partial charge < -0.3 is 4.74 Å². The Morgan fingerprint density at radius 2 is 2.00 bits per heavy atom. The Morgan fingerprint density at radius 1 is 1.37 bits per heavy atom. The minimum atomic E-state index is -4.44. The van der Waals surface area contributed by atoms with Crippen LogP contribution in [-0.2, 0) is 16.2 Å². The van der Waals surface area contributed by atoms with Gasteiger partial charge in [-0.3, -0.25) is 0 Å². The lowest BCUT2D eigenvalue weighted by atomic mass is 10.2. The molecule has 0 radical (unpaired) electrons. The first-order valence-corrected chi connectivity index (χ1v) is 7.10. The smallest absolute Gasteiger partial charge is 0.416 e. The average molecular weight is 297 g/mol. The zero-order valence-electron chi connectivity index (χ0n) is 10.1. The summed E-state index contributed by atoms with van der Waals surface area (Å²) in [6, 6.07) is 4.39. The van der Waals surface area contributed by atoms with Gasteiger partial charge >= 0.3 is 6.18 Å². The number of primary sulfonamides is 1. The van der Waals surface area contributed by atoms with Crippen molar-refractivity contribution in [2.45, 2.75) is 13.1 Å². The molecule has 0 spiro atoms. The highest BCUT2D eigenvalue weighted by Gasteiger charge is 2.30. The van der Waals surface area contributed by atoms with Gasteiger partial charge in [0, 0.05) is 5.92 Å². The number of sulfonamides is 1. The number of halogens is 3. The van der Waals surface area contributed by atoms with Crippen LogP contribution in [0.15, 0.2) is 24.3 Å². The van der Waals surface area contributed by atoms with Gasteiger partial charge in [0.15, 0.2) is 0 Å². The molecule has 0 aliphatic rings. The van der Waals surface area contributed by atoms with E-state index in [2.05, 4.69) is 0 Å². The Bertz CT molecular complexity index is 528. The fraction of sp³-hybridized carbons (Fsp3) is 0.455. The minimum absolute atomic E-state index is 0.0300. The van der Waals surface area contributed by atoms with Gasteiger partial charge in [0.05, 0.1) is 17.9 Å². The SMILES string of the molecule is CC(COc1cccc(C(F)(F)F)c1)CS(N)(=O)=O. The van der Waals surface area contributed by atoms with Crippen LogP contribution in [0.2, 0.25) is 0 Å². The second kappa shape index (κ2) is 5.79. The van der Waals surface area contributed by atoms with Crippen molar-refractivity contribution < 1.29 is 26.3 Å². The molecule has 0 amide bonds. The molecule has 1 unspecified atom stereocenters. The van der Waals surface area contributed by atoms with Crippen LogP contribution in [0.4, 0.5) is 13.2 Å². The van der Waals surface area contributed by atoms with Crippen molar-refractivity contribution in [2.75, 3.05) is 12.4 Å². The second-order valence-corrected chi connectivity index (χ2v) is 5.93. The van der Waals surface area contributed by atoms with Crippen molar-refractivity contribution in [2.24, 2.45) is 11.1 Å². The summed E-state index contributed by atoms with van der Waals surface area (Å²) in [4.78, 5) is 0. The van der Waals surface area contributed by atoms with Gasteiger partial charge in [-0.1, -0.05) is 13.0 Å². The molecular weight excluding hydrogens is 283 g/mol. The Labute approximate surface area is 109 Å². The van der Waals surface area contributed by atoms with Gasteiger partial charge in [-0.15, -0.1) is 0 Å². The first-order valence-electron chi connectivity index (χ1n) is 5.38. The zero-order chi connectivity index (χ0) is 14.7. The Balaban J connectivity index is 2.64. The number of hydrogen-bond donors (Lipinski definition) is 1. The lowest BCUT2D eigenvalue weighted by Crippen LogP contribution is -2.25. The van der Waals surface area contributed by atoms with E-state index in [1.165, 1.54) is 12.1 Å². The maximum absolute atomic E-state index is 12.4. The van der Waals surface area contributed by atoms with E-state index in [1.807, 2.05) is 0 Å². The van der Waals surface area contributed by atoms with Gasteiger partial charge in [-0.2, -0.15) is 13.2 Å².